The molecule has 2 heteroatoms. The minimum Gasteiger partial charge on any atom is -0.207 e. The molecule has 0 saturated carbocycles. The Bertz CT molecular complexity index is 489. The Kier molecular flexibility index (Phi) is 3.25. The van der Waals surface area contributed by atoms with Crippen molar-refractivity contribution in [3.63, 3.8) is 0 Å². The van der Waals surface area contributed by atoms with Crippen LogP contribution in [0.2, 0.25) is 5.02 Å². The molecule has 0 unspecified atom stereocenters. The zero-order valence-corrected chi connectivity index (χ0v) is 9.85. The molecule has 0 atom stereocenters. The SMILES string of the molecule is CCc1cc(-c2ccc([ClH+])cc2)ccc1F. The van der Waals surface area contributed by atoms with Gasteiger partial charge >= 0.3 is 0 Å². The van der Waals surface area contributed by atoms with E-state index in [1.54, 1.807) is 6.07 Å². The van der Waals surface area contributed by atoms with E-state index in [1.807, 2.05) is 37.3 Å². The van der Waals surface area contributed by atoms with Gasteiger partial charge in [-0.15, -0.1) is 0 Å². The molecule has 0 aliphatic rings. The third-order valence-electron chi connectivity index (χ3n) is 2.61. The van der Waals surface area contributed by atoms with Crippen molar-refractivity contribution < 1.29 is 16.0 Å². The van der Waals surface area contributed by atoms with E-state index in [0.29, 0.717) is 6.42 Å². The summed E-state index contributed by atoms with van der Waals surface area (Å²) in [5, 5.41) is 0.821. The van der Waals surface area contributed by atoms with E-state index in [-0.39, 0.29) is 5.82 Å². The minimum absolute atomic E-state index is 0.133. The maximum atomic E-state index is 13.3. The van der Waals surface area contributed by atoms with Crippen LogP contribution in [0.15, 0.2) is 42.5 Å². The largest absolute Gasteiger partial charge is 0.225 e. The van der Waals surface area contributed by atoms with Gasteiger partial charge in [0, 0.05) is 12.1 Å². The van der Waals surface area contributed by atoms with E-state index in [4.69, 9.17) is 11.6 Å². The van der Waals surface area contributed by atoms with Gasteiger partial charge in [-0.2, -0.15) is 0 Å². The molecule has 0 nitrogen and oxygen atoms in total. The highest BCUT2D eigenvalue weighted by Crippen LogP contribution is 2.23. The number of hydrogen-bond donors (Lipinski definition) is 0. The first-order chi connectivity index (χ1) is 7.70. The lowest BCUT2D eigenvalue weighted by Crippen LogP contribution is -1.88. The highest BCUT2D eigenvalue weighted by molar-refractivity contribution is 5.64. The Labute approximate surface area is 99.7 Å². The molecule has 0 amide bonds. The molecule has 0 aromatic heterocycles. The first kappa shape index (κ1) is 11.2. The Morgan fingerprint density at radius 2 is 1.62 bits per heavy atom. The number of halogens is 2. The predicted octanol–water partition coefficient (Wildman–Crippen LogP) is 3.75. The van der Waals surface area contributed by atoms with Crippen LogP contribution in [0.4, 0.5) is 4.39 Å². The lowest BCUT2D eigenvalue weighted by Gasteiger charge is -2.04. The summed E-state index contributed by atoms with van der Waals surface area (Å²) in [7, 11) is 0. The first-order valence-electron chi connectivity index (χ1n) is 5.26. The van der Waals surface area contributed by atoms with E-state index >= 15 is 0 Å². The Hall–Kier alpha value is -1.34. The second kappa shape index (κ2) is 4.67. The highest BCUT2D eigenvalue weighted by Gasteiger charge is 2.04. The fraction of sp³-hybridized carbons (Fsp3) is 0.143. The van der Waals surface area contributed by atoms with Gasteiger partial charge in [0.2, 0.25) is 5.02 Å². The van der Waals surface area contributed by atoms with Gasteiger partial charge in [0.25, 0.3) is 0 Å². The zero-order valence-electron chi connectivity index (χ0n) is 9.03. The van der Waals surface area contributed by atoms with Gasteiger partial charge in [-0.05, 0) is 47.4 Å². The lowest BCUT2D eigenvalue weighted by atomic mass is 10.0. The zero-order chi connectivity index (χ0) is 11.5. The van der Waals surface area contributed by atoms with Crippen molar-refractivity contribution in [2.75, 3.05) is 0 Å². The number of hydrogen-bond acceptors (Lipinski definition) is 0. The monoisotopic (exact) mass is 235 g/mol. The summed E-state index contributed by atoms with van der Waals surface area (Å²) in [6, 6.07) is 12.9. The summed E-state index contributed by atoms with van der Waals surface area (Å²) < 4.78 is 13.3. The average molecular weight is 236 g/mol. The van der Waals surface area contributed by atoms with Crippen LogP contribution in [0.1, 0.15) is 12.5 Å². The standard InChI is InChI=1S/C14H13ClF/c1-2-10-9-12(5-8-14(10)16)11-3-6-13(15)7-4-11/h3-9,15H,2H2,1H3/q+1. The molecule has 0 aliphatic carbocycles. The molecule has 0 fully saturated rings. The molecular weight excluding hydrogens is 223 g/mol. The molecule has 0 saturated heterocycles. The normalized spacial score (nSPS) is 10.4. The van der Waals surface area contributed by atoms with Crippen LogP contribution in [-0.4, -0.2) is 0 Å². The van der Waals surface area contributed by atoms with Crippen molar-refractivity contribution in [3.8, 4) is 11.1 Å². The maximum absolute atomic E-state index is 13.3. The van der Waals surface area contributed by atoms with Gasteiger partial charge < -0.3 is 0 Å². The summed E-state index contributed by atoms with van der Waals surface area (Å²) in [5.74, 6) is -0.133. The van der Waals surface area contributed by atoms with Gasteiger partial charge in [0.15, 0.2) is 11.6 Å². The van der Waals surface area contributed by atoms with Gasteiger partial charge in [0.05, 0.1) is 0 Å². The molecule has 2 rings (SSSR count). The quantitative estimate of drug-likeness (QED) is 0.744. The summed E-state index contributed by atoms with van der Waals surface area (Å²) in [6.45, 7) is 1.95. The van der Waals surface area contributed by atoms with Crippen molar-refractivity contribution in [1.29, 1.82) is 0 Å². The van der Waals surface area contributed by atoms with Crippen LogP contribution in [0.25, 0.3) is 11.1 Å². The topological polar surface area (TPSA) is 0 Å². The Morgan fingerprint density at radius 3 is 2.25 bits per heavy atom. The van der Waals surface area contributed by atoms with Crippen molar-refractivity contribution in [2.45, 2.75) is 13.3 Å². The summed E-state index contributed by atoms with van der Waals surface area (Å²) in [4.78, 5) is 0. The second-order valence-electron chi connectivity index (χ2n) is 3.68. The Morgan fingerprint density at radius 1 is 1.00 bits per heavy atom. The fourth-order valence-corrected chi connectivity index (χ4v) is 1.81. The second-order valence-corrected chi connectivity index (χ2v) is 4.16. The molecule has 0 bridgehead atoms. The molecule has 2 aromatic carbocycles. The van der Waals surface area contributed by atoms with Gasteiger partial charge in [-0.25, -0.2) is 4.39 Å². The summed E-state index contributed by atoms with van der Waals surface area (Å²) >= 11 is 5.03. The van der Waals surface area contributed by atoms with Crippen molar-refractivity contribution in [1.82, 2.24) is 0 Å². The number of rotatable bonds is 2. The third-order valence-corrected chi connectivity index (χ3v) is 2.89. The molecule has 16 heavy (non-hydrogen) atoms. The smallest absolute Gasteiger partial charge is 0.207 e. The number of aryl methyl sites for hydroxylation is 1. The van der Waals surface area contributed by atoms with Crippen molar-refractivity contribution in [3.05, 3.63) is 58.9 Å². The molecule has 0 spiro atoms. The lowest BCUT2D eigenvalue weighted by molar-refractivity contribution is -0.288. The van der Waals surface area contributed by atoms with E-state index < -0.39 is 0 Å². The first-order valence-corrected chi connectivity index (χ1v) is 5.67. The van der Waals surface area contributed by atoms with Gasteiger partial charge in [-0.1, -0.05) is 13.0 Å². The number of benzene rings is 2. The van der Waals surface area contributed by atoms with E-state index in [9.17, 15) is 4.39 Å². The average Bonchev–Trinajstić information content (AvgIpc) is 2.31. The van der Waals surface area contributed by atoms with E-state index in [1.165, 1.54) is 6.07 Å². The van der Waals surface area contributed by atoms with Crippen LogP contribution >= 0.6 is 0 Å². The predicted molar refractivity (Wildman–Crippen MR) is 61.8 cm³/mol. The van der Waals surface area contributed by atoms with Crippen LogP contribution in [0.5, 0.6) is 0 Å². The van der Waals surface area contributed by atoms with Crippen LogP contribution < -0.4 is 0 Å². The molecule has 0 heterocycles. The van der Waals surface area contributed by atoms with Crippen LogP contribution in [-0.2, 0) is 6.42 Å². The molecular formula is C14H13ClF+. The molecule has 2 aromatic rings. The van der Waals surface area contributed by atoms with E-state index in [2.05, 4.69) is 0 Å². The molecule has 0 N–H and O–H groups in total. The fourth-order valence-electron chi connectivity index (χ4n) is 1.67. The molecule has 0 aliphatic heterocycles. The van der Waals surface area contributed by atoms with Crippen molar-refractivity contribution in [2.24, 2.45) is 0 Å². The summed E-state index contributed by atoms with van der Waals surface area (Å²) in [5.41, 5.74) is 2.86. The van der Waals surface area contributed by atoms with Crippen molar-refractivity contribution >= 4 is 0 Å². The maximum Gasteiger partial charge on any atom is 0.225 e. The highest BCUT2D eigenvalue weighted by atomic mass is 35.5. The summed E-state index contributed by atoms with van der Waals surface area (Å²) in [6.07, 6.45) is 0.707. The minimum atomic E-state index is -0.133. The van der Waals surface area contributed by atoms with Gasteiger partial charge in [0.1, 0.15) is 5.82 Å². The van der Waals surface area contributed by atoms with E-state index in [0.717, 1.165) is 21.7 Å². The van der Waals surface area contributed by atoms with Crippen LogP contribution in [0.3, 0.4) is 0 Å². The third kappa shape index (κ3) is 2.25. The van der Waals surface area contributed by atoms with Gasteiger partial charge in [-0.3, -0.25) is 0 Å². The molecule has 82 valence electrons. The Balaban J connectivity index is 2.44. The van der Waals surface area contributed by atoms with Crippen LogP contribution in [0, 0.1) is 17.4 Å². The molecule has 0 radical (unpaired) electrons.